The van der Waals surface area contributed by atoms with E-state index in [0.29, 0.717) is 0 Å². The molecule has 4 heteroatoms. The van der Waals surface area contributed by atoms with Crippen molar-refractivity contribution in [1.29, 1.82) is 0 Å². The van der Waals surface area contributed by atoms with Gasteiger partial charge in [0.1, 0.15) is 0 Å². The van der Waals surface area contributed by atoms with Gasteiger partial charge in [-0.2, -0.15) is 0 Å². The molecule has 1 saturated carbocycles. The minimum Gasteiger partial charge on any atom is -0.228 e. The van der Waals surface area contributed by atoms with Crippen LogP contribution in [0.4, 0.5) is 0 Å². The van der Waals surface area contributed by atoms with E-state index in [2.05, 4.69) is 6.92 Å². The maximum Gasteiger partial charge on any atom is 0.155 e. The van der Waals surface area contributed by atoms with Gasteiger partial charge in [-0.05, 0) is 51.9 Å². The van der Waals surface area contributed by atoms with Crippen LogP contribution in [0, 0.1) is 5.41 Å². The smallest absolute Gasteiger partial charge is 0.155 e. The minimum atomic E-state index is -2.98. The Kier molecular flexibility index (Phi) is 4.01. The Morgan fingerprint density at radius 2 is 1.94 bits per heavy atom. The van der Waals surface area contributed by atoms with E-state index in [-0.39, 0.29) is 16.5 Å². The lowest BCUT2D eigenvalue weighted by Gasteiger charge is -2.26. The largest absolute Gasteiger partial charge is 0.228 e. The molecule has 0 aromatic heterocycles. The molecule has 0 N–H and O–H groups in total. The van der Waals surface area contributed by atoms with Gasteiger partial charge in [-0.25, -0.2) is 8.42 Å². The Morgan fingerprint density at radius 1 is 1.38 bits per heavy atom. The highest BCUT2D eigenvalue weighted by molar-refractivity contribution is 7.92. The van der Waals surface area contributed by atoms with E-state index in [1.807, 2.05) is 0 Å². The lowest BCUT2D eigenvalue weighted by Crippen LogP contribution is -2.32. The predicted octanol–water partition coefficient (Wildman–Crippen LogP) is 3.39. The Bertz CT molecular complexity index is 343. The minimum absolute atomic E-state index is 0.130. The molecule has 16 heavy (non-hydrogen) atoms. The van der Waals surface area contributed by atoms with Gasteiger partial charge in [-0.1, -0.05) is 6.92 Å². The summed E-state index contributed by atoms with van der Waals surface area (Å²) in [7, 11) is -2.98. The first-order valence-corrected chi connectivity index (χ1v) is 8.01. The molecule has 0 radical (unpaired) electrons. The average molecular weight is 267 g/mol. The number of alkyl halides is 1. The third-order valence-corrected chi connectivity index (χ3v) is 6.66. The summed E-state index contributed by atoms with van der Waals surface area (Å²) in [5, 5.41) is 0.238. The van der Waals surface area contributed by atoms with Gasteiger partial charge in [0.05, 0.1) is 10.5 Å². The van der Waals surface area contributed by atoms with Crippen LogP contribution in [0.1, 0.15) is 53.4 Å². The van der Waals surface area contributed by atoms with Crippen LogP contribution in [0.15, 0.2) is 0 Å². The van der Waals surface area contributed by atoms with E-state index in [9.17, 15) is 8.42 Å². The molecule has 0 aliphatic heterocycles. The zero-order valence-electron chi connectivity index (χ0n) is 10.7. The Labute approximate surface area is 105 Å². The lowest BCUT2D eigenvalue weighted by molar-refractivity contribution is 0.324. The molecular formula is C12H23ClO2S. The van der Waals surface area contributed by atoms with Gasteiger partial charge in [0.25, 0.3) is 0 Å². The van der Waals surface area contributed by atoms with Crippen LogP contribution < -0.4 is 0 Å². The summed E-state index contributed by atoms with van der Waals surface area (Å²) in [6.07, 6.45) is 3.78. The normalized spacial score (nSPS) is 31.9. The zero-order valence-corrected chi connectivity index (χ0v) is 12.3. The Balaban J connectivity index is 2.59. The van der Waals surface area contributed by atoms with Crippen molar-refractivity contribution in [3.63, 3.8) is 0 Å². The highest BCUT2D eigenvalue weighted by atomic mass is 35.5. The second-order valence-corrected chi connectivity index (χ2v) is 9.81. The number of sulfone groups is 1. The molecule has 0 bridgehead atoms. The third kappa shape index (κ3) is 3.36. The van der Waals surface area contributed by atoms with Gasteiger partial charge in [0, 0.05) is 5.38 Å². The Morgan fingerprint density at radius 3 is 2.31 bits per heavy atom. The quantitative estimate of drug-likeness (QED) is 0.734. The maximum atomic E-state index is 12.0. The molecule has 1 fully saturated rings. The molecule has 0 heterocycles. The van der Waals surface area contributed by atoms with E-state index in [1.165, 1.54) is 0 Å². The lowest BCUT2D eigenvalue weighted by atomic mass is 9.86. The van der Waals surface area contributed by atoms with Crippen molar-refractivity contribution in [3.8, 4) is 0 Å². The first-order chi connectivity index (χ1) is 7.06. The number of rotatable bonds is 3. The second-order valence-electron chi connectivity index (χ2n) is 6.33. The molecule has 0 spiro atoms. The monoisotopic (exact) mass is 266 g/mol. The van der Waals surface area contributed by atoms with Crippen LogP contribution in [0.25, 0.3) is 0 Å². The molecule has 0 aromatic carbocycles. The summed E-state index contributed by atoms with van der Waals surface area (Å²) < 4.78 is 23.4. The Hall–Kier alpha value is 0.240. The number of halogens is 1. The van der Waals surface area contributed by atoms with E-state index in [0.717, 1.165) is 25.7 Å². The summed E-state index contributed by atoms with van der Waals surface area (Å²) in [5.74, 6) is 0.288. The third-order valence-electron chi connectivity index (χ3n) is 3.68. The van der Waals surface area contributed by atoms with Crippen molar-refractivity contribution < 1.29 is 8.42 Å². The molecule has 1 aliphatic carbocycles. The van der Waals surface area contributed by atoms with Gasteiger partial charge < -0.3 is 0 Å². The molecule has 0 aromatic rings. The number of hydrogen-bond donors (Lipinski definition) is 0. The van der Waals surface area contributed by atoms with Crippen LogP contribution in [-0.4, -0.2) is 24.3 Å². The molecule has 96 valence electrons. The van der Waals surface area contributed by atoms with E-state index >= 15 is 0 Å². The molecule has 0 saturated heterocycles. The summed E-state index contributed by atoms with van der Waals surface area (Å²) >= 11 is 6.09. The standard InChI is InChI=1S/C12H23ClO2S/c1-11(2,3)16(14,15)8-7-12(4)6-5-10(13)9-12/h10H,5-9H2,1-4H3. The predicted molar refractivity (Wildman–Crippen MR) is 69.8 cm³/mol. The van der Waals surface area contributed by atoms with Crippen molar-refractivity contribution in [3.05, 3.63) is 0 Å². The van der Waals surface area contributed by atoms with Crippen LogP contribution in [0.5, 0.6) is 0 Å². The van der Waals surface area contributed by atoms with E-state index in [1.54, 1.807) is 20.8 Å². The summed E-state index contributed by atoms with van der Waals surface area (Å²) in [6.45, 7) is 7.46. The van der Waals surface area contributed by atoms with Gasteiger partial charge in [-0.3, -0.25) is 0 Å². The van der Waals surface area contributed by atoms with Crippen molar-refractivity contribution in [2.75, 3.05) is 5.75 Å². The van der Waals surface area contributed by atoms with Crippen molar-refractivity contribution in [2.45, 2.75) is 63.5 Å². The zero-order chi connectivity index (χ0) is 12.6. The van der Waals surface area contributed by atoms with Gasteiger partial charge in [0.2, 0.25) is 0 Å². The summed E-state index contributed by atoms with van der Waals surface area (Å²) in [5.41, 5.74) is 0.130. The molecule has 0 amide bonds. The van der Waals surface area contributed by atoms with Crippen molar-refractivity contribution in [1.82, 2.24) is 0 Å². The molecule has 1 rings (SSSR count). The maximum absolute atomic E-state index is 12.0. The van der Waals surface area contributed by atoms with E-state index in [4.69, 9.17) is 11.6 Å². The fourth-order valence-electron chi connectivity index (χ4n) is 2.16. The SMILES string of the molecule is CC1(CCS(=O)(=O)C(C)(C)C)CCC(Cl)C1. The topological polar surface area (TPSA) is 34.1 Å². The van der Waals surface area contributed by atoms with Crippen LogP contribution in [-0.2, 0) is 9.84 Å². The van der Waals surface area contributed by atoms with Gasteiger partial charge in [0.15, 0.2) is 9.84 Å². The fraction of sp³-hybridized carbons (Fsp3) is 1.00. The van der Waals surface area contributed by atoms with Crippen LogP contribution in [0.2, 0.25) is 0 Å². The molecule has 2 unspecified atom stereocenters. The van der Waals surface area contributed by atoms with Crippen molar-refractivity contribution in [2.24, 2.45) is 5.41 Å². The first kappa shape index (κ1) is 14.3. The molecule has 2 atom stereocenters. The molecular weight excluding hydrogens is 244 g/mol. The van der Waals surface area contributed by atoms with Crippen LogP contribution in [0.3, 0.4) is 0 Å². The van der Waals surface area contributed by atoms with Crippen LogP contribution >= 0.6 is 11.6 Å². The first-order valence-electron chi connectivity index (χ1n) is 5.92. The second kappa shape index (κ2) is 4.49. The fourth-order valence-corrected chi connectivity index (χ4v) is 4.01. The molecule has 2 nitrogen and oxygen atoms in total. The number of hydrogen-bond acceptors (Lipinski definition) is 2. The summed E-state index contributed by atoms with van der Waals surface area (Å²) in [4.78, 5) is 0. The van der Waals surface area contributed by atoms with E-state index < -0.39 is 14.6 Å². The van der Waals surface area contributed by atoms with Gasteiger partial charge in [-0.15, -0.1) is 11.6 Å². The highest BCUT2D eigenvalue weighted by Gasteiger charge is 2.37. The summed E-state index contributed by atoms with van der Waals surface area (Å²) in [6, 6.07) is 0. The molecule has 1 aliphatic rings. The average Bonchev–Trinajstić information content (AvgIpc) is 2.42. The van der Waals surface area contributed by atoms with Gasteiger partial charge >= 0.3 is 0 Å². The highest BCUT2D eigenvalue weighted by Crippen LogP contribution is 2.43. The van der Waals surface area contributed by atoms with Crippen molar-refractivity contribution >= 4 is 21.4 Å².